The molecule has 4 rings (SSSR count). The van der Waals surface area contributed by atoms with E-state index in [1.807, 2.05) is 30.5 Å². The minimum absolute atomic E-state index is 0.206. The molecule has 30 heavy (non-hydrogen) atoms. The topological polar surface area (TPSA) is 101 Å². The number of hydrogen-bond donors (Lipinski definition) is 1. The van der Waals surface area contributed by atoms with Gasteiger partial charge >= 0.3 is 0 Å². The SMILES string of the molecule is Cc1nc(Cc2nnc(S[C@H](C)C(=O)N3c4ccccc4NC(=O)C3(C)C)o2)cs1. The van der Waals surface area contributed by atoms with Gasteiger partial charge in [0.15, 0.2) is 0 Å². The van der Waals surface area contributed by atoms with Gasteiger partial charge in [0.1, 0.15) is 5.54 Å². The first-order chi connectivity index (χ1) is 14.3. The van der Waals surface area contributed by atoms with Crippen molar-refractivity contribution in [2.24, 2.45) is 0 Å². The van der Waals surface area contributed by atoms with Gasteiger partial charge in [0.2, 0.25) is 17.7 Å². The molecule has 1 aliphatic rings. The number of benzene rings is 1. The van der Waals surface area contributed by atoms with Gasteiger partial charge in [-0.25, -0.2) is 4.98 Å². The minimum Gasteiger partial charge on any atom is -0.416 e. The summed E-state index contributed by atoms with van der Waals surface area (Å²) in [6, 6.07) is 7.27. The van der Waals surface area contributed by atoms with Gasteiger partial charge in [-0.3, -0.25) is 14.5 Å². The summed E-state index contributed by atoms with van der Waals surface area (Å²) >= 11 is 2.74. The molecule has 0 bridgehead atoms. The average molecular weight is 444 g/mol. The van der Waals surface area contributed by atoms with Crippen LogP contribution in [-0.4, -0.2) is 37.8 Å². The van der Waals surface area contributed by atoms with E-state index in [1.165, 1.54) is 11.8 Å². The van der Waals surface area contributed by atoms with Crippen molar-refractivity contribution in [3.8, 4) is 0 Å². The zero-order valence-corrected chi connectivity index (χ0v) is 18.6. The molecular weight excluding hydrogens is 422 g/mol. The molecule has 0 radical (unpaired) electrons. The Labute approximate surface area is 182 Å². The number of para-hydroxylation sites is 2. The lowest BCUT2D eigenvalue weighted by atomic mass is 9.96. The summed E-state index contributed by atoms with van der Waals surface area (Å²) in [7, 11) is 0. The lowest BCUT2D eigenvalue weighted by Crippen LogP contribution is -2.60. The molecule has 0 saturated heterocycles. The highest BCUT2D eigenvalue weighted by molar-refractivity contribution is 8.00. The van der Waals surface area contributed by atoms with Crippen molar-refractivity contribution in [2.45, 2.75) is 50.1 Å². The predicted molar refractivity (Wildman–Crippen MR) is 116 cm³/mol. The Morgan fingerprint density at radius 1 is 1.33 bits per heavy atom. The van der Waals surface area contributed by atoms with E-state index < -0.39 is 10.8 Å². The van der Waals surface area contributed by atoms with Crippen molar-refractivity contribution in [2.75, 3.05) is 10.2 Å². The number of carbonyl (C=O) groups excluding carboxylic acids is 2. The number of carbonyl (C=O) groups is 2. The summed E-state index contributed by atoms with van der Waals surface area (Å²) in [6.07, 6.45) is 0.451. The van der Waals surface area contributed by atoms with Crippen LogP contribution in [0.5, 0.6) is 0 Å². The summed E-state index contributed by atoms with van der Waals surface area (Å²) in [5, 5.41) is 13.7. The molecule has 1 atom stereocenters. The Balaban J connectivity index is 1.52. The molecule has 0 fully saturated rings. The van der Waals surface area contributed by atoms with Gasteiger partial charge in [0.05, 0.1) is 33.7 Å². The normalized spacial score (nSPS) is 16.1. The molecule has 0 unspecified atom stereocenters. The molecule has 1 aromatic carbocycles. The number of hydrogen-bond acceptors (Lipinski definition) is 8. The standard InChI is InChI=1S/C20H21N5O3S2/c1-11(30-19-24-23-16(28-19)9-13-10-29-12(2)21-13)17(26)25-15-8-6-5-7-14(15)22-18(27)20(25,3)4/h5-8,10-11H,9H2,1-4H3,(H,22,27)/t11-/m1/s1. The third-order valence-corrected chi connectivity index (χ3v) is 6.54. The molecular formula is C20H21N5O3S2. The van der Waals surface area contributed by atoms with E-state index in [0.29, 0.717) is 28.9 Å². The van der Waals surface area contributed by atoms with Gasteiger partial charge in [-0.2, -0.15) is 0 Å². The van der Waals surface area contributed by atoms with Crippen molar-refractivity contribution in [1.82, 2.24) is 15.2 Å². The first-order valence-electron chi connectivity index (χ1n) is 9.40. The van der Waals surface area contributed by atoms with E-state index in [1.54, 1.807) is 43.1 Å². The fourth-order valence-electron chi connectivity index (χ4n) is 3.23. The fourth-order valence-corrected chi connectivity index (χ4v) is 4.59. The van der Waals surface area contributed by atoms with Gasteiger partial charge in [-0.05, 0) is 39.8 Å². The third kappa shape index (κ3) is 3.84. The average Bonchev–Trinajstić information content (AvgIpc) is 3.31. The van der Waals surface area contributed by atoms with Crippen LogP contribution in [0.3, 0.4) is 0 Å². The number of thioether (sulfide) groups is 1. The van der Waals surface area contributed by atoms with E-state index in [0.717, 1.165) is 10.7 Å². The first kappa shape index (κ1) is 20.5. The lowest BCUT2D eigenvalue weighted by molar-refractivity contribution is -0.126. The number of thiazole rings is 1. The number of aromatic nitrogens is 3. The molecule has 2 amide bonds. The zero-order valence-electron chi connectivity index (χ0n) is 17.0. The quantitative estimate of drug-likeness (QED) is 0.600. The van der Waals surface area contributed by atoms with Crippen LogP contribution in [0.2, 0.25) is 0 Å². The van der Waals surface area contributed by atoms with Crippen LogP contribution in [-0.2, 0) is 16.0 Å². The van der Waals surface area contributed by atoms with Gasteiger partial charge in [0, 0.05) is 5.38 Å². The van der Waals surface area contributed by atoms with Crippen LogP contribution >= 0.6 is 23.1 Å². The second-order valence-corrected chi connectivity index (χ2v) is 9.81. The number of amides is 2. The maximum Gasteiger partial charge on any atom is 0.277 e. The number of anilines is 2. The van der Waals surface area contributed by atoms with Gasteiger partial charge in [-0.1, -0.05) is 23.9 Å². The maximum absolute atomic E-state index is 13.4. The summed E-state index contributed by atoms with van der Waals surface area (Å²) in [5.74, 6) is 0.0121. The molecule has 3 aromatic rings. The van der Waals surface area contributed by atoms with E-state index >= 15 is 0 Å². The molecule has 1 N–H and O–H groups in total. The summed E-state index contributed by atoms with van der Waals surface area (Å²) in [6.45, 7) is 7.17. The Bertz CT molecular complexity index is 1110. The summed E-state index contributed by atoms with van der Waals surface area (Å²) in [5.41, 5.74) is 1.14. The largest absolute Gasteiger partial charge is 0.416 e. The maximum atomic E-state index is 13.4. The van der Waals surface area contributed by atoms with E-state index in [2.05, 4.69) is 20.5 Å². The summed E-state index contributed by atoms with van der Waals surface area (Å²) < 4.78 is 5.70. The van der Waals surface area contributed by atoms with Crippen LogP contribution in [0, 0.1) is 6.92 Å². The second-order valence-electron chi connectivity index (χ2n) is 7.46. The Kier molecular flexibility index (Phi) is 5.37. The number of fused-ring (bicyclic) bond motifs is 1. The molecule has 8 nitrogen and oxygen atoms in total. The van der Waals surface area contributed by atoms with Crippen LogP contribution in [0.4, 0.5) is 11.4 Å². The predicted octanol–water partition coefficient (Wildman–Crippen LogP) is 3.67. The van der Waals surface area contributed by atoms with E-state index in [4.69, 9.17) is 4.42 Å². The Hall–Kier alpha value is -2.72. The van der Waals surface area contributed by atoms with Gasteiger partial charge in [0.25, 0.3) is 5.22 Å². The minimum atomic E-state index is -1.03. The van der Waals surface area contributed by atoms with Crippen molar-refractivity contribution in [3.05, 3.63) is 46.2 Å². The van der Waals surface area contributed by atoms with E-state index in [-0.39, 0.29) is 11.8 Å². The zero-order chi connectivity index (χ0) is 21.5. The highest BCUT2D eigenvalue weighted by atomic mass is 32.2. The number of nitrogens with zero attached hydrogens (tertiary/aromatic N) is 4. The monoisotopic (exact) mass is 443 g/mol. The second kappa shape index (κ2) is 7.84. The molecule has 0 aliphatic carbocycles. The van der Waals surface area contributed by atoms with Gasteiger partial charge < -0.3 is 9.73 Å². The number of nitrogens with one attached hydrogen (secondary N) is 1. The smallest absolute Gasteiger partial charge is 0.277 e. The van der Waals surface area contributed by atoms with Gasteiger partial charge in [-0.15, -0.1) is 21.5 Å². The van der Waals surface area contributed by atoms with Crippen molar-refractivity contribution < 1.29 is 14.0 Å². The summed E-state index contributed by atoms with van der Waals surface area (Å²) in [4.78, 5) is 31.9. The molecule has 156 valence electrons. The van der Waals surface area contributed by atoms with Crippen LogP contribution in [0.25, 0.3) is 0 Å². The third-order valence-electron chi connectivity index (χ3n) is 4.80. The molecule has 1 aliphatic heterocycles. The Morgan fingerprint density at radius 3 is 2.83 bits per heavy atom. The molecule has 0 saturated carbocycles. The van der Waals surface area contributed by atoms with E-state index in [9.17, 15) is 9.59 Å². The highest BCUT2D eigenvalue weighted by Gasteiger charge is 2.45. The number of aryl methyl sites for hydroxylation is 1. The molecule has 0 spiro atoms. The fraction of sp³-hybridized carbons (Fsp3) is 0.350. The Morgan fingerprint density at radius 2 is 2.10 bits per heavy atom. The van der Waals surface area contributed by atoms with Crippen LogP contribution in [0.15, 0.2) is 39.3 Å². The first-order valence-corrected chi connectivity index (χ1v) is 11.2. The lowest BCUT2D eigenvalue weighted by Gasteiger charge is -2.42. The van der Waals surface area contributed by atoms with Crippen LogP contribution < -0.4 is 10.2 Å². The molecule has 2 aromatic heterocycles. The van der Waals surface area contributed by atoms with Crippen molar-refractivity contribution in [3.63, 3.8) is 0 Å². The van der Waals surface area contributed by atoms with Crippen molar-refractivity contribution in [1.29, 1.82) is 0 Å². The molecule has 3 heterocycles. The van der Waals surface area contributed by atoms with Crippen LogP contribution in [0.1, 0.15) is 37.4 Å². The van der Waals surface area contributed by atoms with Crippen molar-refractivity contribution >= 4 is 46.3 Å². The molecule has 10 heteroatoms. The highest BCUT2D eigenvalue weighted by Crippen LogP contribution is 2.38. The number of rotatable bonds is 5.